The smallest absolute Gasteiger partial charge is 0.212 e. The van der Waals surface area contributed by atoms with E-state index in [-0.39, 0.29) is 0 Å². The minimum absolute atomic E-state index is 0.317. The molecule has 0 bridgehead atoms. The number of rotatable bonds is 20. The second-order valence-corrected chi connectivity index (χ2v) is 9.97. The molecule has 0 radical (unpaired) electrons. The molecule has 0 aliphatic rings. The summed E-state index contributed by atoms with van der Waals surface area (Å²) in [6.45, 7) is 5.84. The third-order valence-corrected chi connectivity index (χ3v) is 7.18. The van der Waals surface area contributed by atoms with Gasteiger partial charge < -0.3 is 0 Å². The van der Waals surface area contributed by atoms with Crippen LogP contribution in [0.5, 0.6) is 0 Å². The Kier molecular flexibility index (Phi) is 18.7. The SMILES string of the molecule is CCCCCCCCN(CCCCCC)S(=O)(=O)CCCCCCCCl. The molecule has 0 aromatic heterocycles. The molecular weight excluding hydrogens is 366 g/mol. The van der Waals surface area contributed by atoms with Crippen molar-refractivity contribution < 1.29 is 8.42 Å². The molecule has 158 valence electrons. The van der Waals surface area contributed by atoms with Crippen LogP contribution in [0, 0.1) is 0 Å². The summed E-state index contributed by atoms with van der Waals surface area (Å²) >= 11 is 5.69. The van der Waals surface area contributed by atoms with Crippen molar-refractivity contribution in [3.05, 3.63) is 0 Å². The highest BCUT2D eigenvalue weighted by Gasteiger charge is 2.20. The van der Waals surface area contributed by atoms with Crippen molar-refractivity contribution in [3.8, 4) is 0 Å². The average molecular weight is 410 g/mol. The van der Waals surface area contributed by atoms with Gasteiger partial charge in [0.1, 0.15) is 0 Å². The number of sulfonamides is 1. The van der Waals surface area contributed by atoms with Gasteiger partial charge in [-0.3, -0.25) is 0 Å². The van der Waals surface area contributed by atoms with Crippen molar-refractivity contribution in [3.63, 3.8) is 0 Å². The van der Waals surface area contributed by atoms with E-state index in [1.54, 1.807) is 4.31 Å². The Morgan fingerprint density at radius 2 is 1.04 bits per heavy atom. The molecule has 0 N–H and O–H groups in total. The average Bonchev–Trinajstić information content (AvgIpc) is 2.62. The Hall–Kier alpha value is 0.200. The maximum Gasteiger partial charge on any atom is 0.214 e. The van der Waals surface area contributed by atoms with Crippen LogP contribution in [-0.2, 0) is 10.0 Å². The first-order chi connectivity index (χ1) is 12.6. The fourth-order valence-corrected chi connectivity index (χ4v) is 5.04. The van der Waals surface area contributed by atoms with Gasteiger partial charge in [0.2, 0.25) is 10.0 Å². The fourth-order valence-electron chi connectivity index (χ4n) is 3.21. The molecule has 26 heavy (non-hydrogen) atoms. The molecule has 0 spiro atoms. The van der Waals surface area contributed by atoms with Crippen molar-refractivity contribution >= 4 is 21.6 Å². The predicted molar refractivity (Wildman–Crippen MR) is 117 cm³/mol. The molecule has 0 fully saturated rings. The summed E-state index contributed by atoms with van der Waals surface area (Å²) in [5.74, 6) is 1.03. The third-order valence-electron chi connectivity index (χ3n) is 4.95. The molecule has 0 aliphatic carbocycles. The van der Waals surface area contributed by atoms with Gasteiger partial charge in [0.25, 0.3) is 0 Å². The van der Waals surface area contributed by atoms with Crippen molar-refractivity contribution in [2.45, 2.75) is 110 Å². The molecule has 0 amide bonds. The molecule has 0 aromatic carbocycles. The Labute approximate surface area is 169 Å². The maximum absolute atomic E-state index is 12.8. The minimum Gasteiger partial charge on any atom is -0.212 e. The largest absolute Gasteiger partial charge is 0.214 e. The summed E-state index contributed by atoms with van der Waals surface area (Å²) < 4.78 is 27.3. The zero-order chi connectivity index (χ0) is 19.5. The van der Waals surface area contributed by atoms with Crippen LogP contribution >= 0.6 is 11.6 Å². The summed E-state index contributed by atoms with van der Waals surface area (Å²) in [7, 11) is -3.09. The van der Waals surface area contributed by atoms with Gasteiger partial charge in [-0.2, -0.15) is 0 Å². The normalized spacial score (nSPS) is 12.2. The lowest BCUT2D eigenvalue weighted by Gasteiger charge is -2.22. The number of hydrogen-bond donors (Lipinski definition) is 0. The van der Waals surface area contributed by atoms with Crippen LogP contribution in [0.3, 0.4) is 0 Å². The van der Waals surface area contributed by atoms with E-state index < -0.39 is 10.0 Å². The van der Waals surface area contributed by atoms with E-state index >= 15 is 0 Å². The number of hydrogen-bond acceptors (Lipinski definition) is 2. The van der Waals surface area contributed by atoms with E-state index in [0.717, 1.165) is 57.8 Å². The van der Waals surface area contributed by atoms with Crippen LogP contribution < -0.4 is 0 Å². The van der Waals surface area contributed by atoms with Crippen molar-refractivity contribution in [1.29, 1.82) is 0 Å². The van der Waals surface area contributed by atoms with Crippen molar-refractivity contribution in [2.75, 3.05) is 24.7 Å². The number of alkyl halides is 1. The second kappa shape index (κ2) is 18.6. The van der Waals surface area contributed by atoms with E-state index in [1.807, 2.05) is 0 Å². The molecule has 0 unspecified atom stereocenters. The van der Waals surface area contributed by atoms with Gasteiger partial charge in [-0.1, -0.05) is 84.5 Å². The molecule has 0 rings (SSSR count). The molecule has 0 saturated carbocycles. The highest BCUT2D eigenvalue weighted by molar-refractivity contribution is 7.89. The highest BCUT2D eigenvalue weighted by atomic mass is 35.5. The van der Waals surface area contributed by atoms with Gasteiger partial charge in [-0.05, 0) is 25.7 Å². The van der Waals surface area contributed by atoms with E-state index in [1.165, 1.54) is 38.5 Å². The van der Waals surface area contributed by atoms with Crippen LogP contribution in [0.1, 0.15) is 110 Å². The van der Waals surface area contributed by atoms with E-state index in [2.05, 4.69) is 13.8 Å². The fraction of sp³-hybridized carbons (Fsp3) is 1.00. The number of unbranched alkanes of at least 4 members (excludes halogenated alkanes) is 12. The molecule has 0 aromatic rings. The lowest BCUT2D eigenvalue weighted by atomic mass is 10.1. The predicted octanol–water partition coefficient (Wildman–Crippen LogP) is 6.75. The van der Waals surface area contributed by atoms with Gasteiger partial charge >= 0.3 is 0 Å². The molecule has 0 saturated heterocycles. The topological polar surface area (TPSA) is 37.4 Å². The van der Waals surface area contributed by atoms with Crippen LogP contribution in [0.4, 0.5) is 0 Å². The van der Waals surface area contributed by atoms with Crippen molar-refractivity contribution in [1.82, 2.24) is 4.31 Å². The third kappa shape index (κ3) is 15.3. The van der Waals surface area contributed by atoms with Gasteiger partial charge in [-0.25, -0.2) is 12.7 Å². The summed E-state index contributed by atoms with van der Waals surface area (Å²) in [5, 5.41) is 0. The quantitative estimate of drug-likeness (QED) is 0.165. The molecule has 3 nitrogen and oxygen atoms in total. The van der Waals surface area contributed by atoms with E-state index in [4.69, 9.17) is 11.6 Å². The first kappa shape index (κ1) is 26.2. The Morgan fingerprint density at radius 3 is 1.58 bits per heavy atom. The van der Waals surface area contributed by atoms with Crippen LogP contribution in [0.2, 0.25) is 0 Å². The zero-order valence-electron chi connectivity index (χ0n) is 17.5. The number of halogens is 1. The molecule has 0 heterocycles. The maximum atomic E-state index is 12.8. The van der Waals surface area contributed by atoms with Crippen LogP contribution in [-0.4, -0.2) is 37.4 Å². The zero-order valence-corrected chi connectivity index (χ0v) is 19.1. The lowest BCUT2D eigenvalue weighted by Crippen LogP contribution is -2.35. The summed E-state index contributed by atoms with van der Waals surface area (Å²) in [6, 6.07) is 0. The van der Waals surface area contributed by atoms with Crippen molar-refractivity contribution in [2.24, 2.45) is 0 Å². The van der Waals surface area contributed by atoms with Crippen LogP contribution in [0.25, 0.3) is 0 Å². The van der Waals surface area contributed by atoms with E-state index in [0.29, 0.717) is 24.7 Å². The molecule has 0 atom stereocenters. The monoisotopic (exact) mass is 409 g/mol. The van der Waals surface area contributed by atoms with Gasteiger partial charge in [0.15, 0.2) is 0 Å². The van der Waals surface area contributed by atoms with Gasteiger partial charge in [0.05, 0.1) is 5.75 Å². The first-order valence-electron chi connectivity index (χ1n) is 11.1. The summed E-state index contributed by atoms with van der Waals surface area (Å²) in [5.41, 5.74) is 0. The molecular formula is C21H44ClNO2S. The van der Waals surface area contributed by atoms with Gasteiger partial charge in [0, 0.05) is 19.0 Å². The van der Waals surface area contributed by atoms with Crippen LogP contribution in [0.15, 0.2) is 0 Å². The standard InChI is InChI=1S/C21H44ClNO2S/c1-3-5-7-9-12-16-20-23(19-15-8-6-4-2)26(24,25)21-17-13-10-11-14-18-22/h3-21H2,1-2H3. The highest BCUT2D eigenvalue weighted by Crippen LogP contribution is 2.13. The first-order valence-corrected chi connectivity index (χ1v) is 13.3. The van der Waals surface area contributed by atoms with Gasteiger partial charge in [-0.15, -0.1) is 11.6 Å². The lowest BCUT2D eigenvalue weighted by molar-refractivity contribution is 0.383. The minimum atomic E-state index is -3.09. The summed E-state index contributed by atoms with van der Waals surface area (Å²) in [6.07, 6.45) is 16.8. The Morgan fingerprint density at radius 1 is 0.615 bits per heavy atom. The number of nitrogens with zero attached hydrogens (tertiary/aromatic N) is 1. The van der Waals surface area contributed by atoms with E-state index in [9.17, 15) is 8.42 Å². The second-order valence-electron chi connectivity index (χ2n) is 7.50. The Balaban J connectivity index is 4.25. The molecule has 5 heteroatoms. The Bertz CT molecular complexity index is 387. The summed E-state index contributed by atoms with van der Waals surface area (Å²) in [4.78, 5) is 0. The molecule has 0 aliphatic heterocycles.